The van der Waals surface area contributed by atoms with Crippen molar-refractivity contribution in [1.29, 1.82) is 0 Å². The molecule has 172 valence electrons. The molecule has 0 atom stereocenters. The molecular weight excluding hydrogens is 496 g/mol. The first-order chi connectivity index (χ1) is 13.2. The molecule has 0 amide bonds. The molecular formula is C12H12F8N4O3S3. The molecule has 0 bridgehead atoms. The van der Waals surface area contributed by atoms with E-state index in [1.165, 1.54) is 0 Å². The van der Waals surface area contributed by atoms with Gasteiger partial charge in [-0.05, 0) is 36.4 Å². The van der Waals surface area contributed by atoms with Gasteiger partial charge >= 0.3 is 31.6 Å². The predicted molar refractivity (Wildman–Crippen MR) is 99.2 cm³/mol. The Hall–Kier alpha value is -2.47. The largest absolute Gasteiger partial charge is 0.456 e. The quantitative estimate of drug-likeness (QED) is 0.309. The molecule has 30 heavy (non-hydrogen) atoms. The van der Waals surface area contributed by atoms with Crippen molar-refractivity contribution in [1.82, 2.24) is 0 Å². The van der Waals surface area contributed by atoms with Gasteiger partial charge in [0.25, 0.3) is 0 Å². The monoisotopic (exact) mass is 508 g/mol. The van der Waals surface area contributed by atoms with Crippen LogP contribution in [0.2, 0.25) is 0 Å². The zero-order valence-corrected chi connectivity index (χ0v) is 16.6. The Bertz CT molecular complexity index is 1080. The summed E-state index contributed by atoms with van der Waals surface area (Å²) in [5, 5.41) is 0. The highest BCUT2D eigenvalue weighted by molar-refractivity contribution is 8.01. The predicted octanol–water partition coefficient (Wildman–Crippen LogP) is 5.62. The maximum atomic E-state index is 12.0. The number of anilines is 2. The second kappa shape index (κ2) is 10.0. The summed E-state index contributed by atoms with van der Waals surface area (Å²) in [7, 11) is -18.8. The first kappa shape index (κ1) is 27.5. The maximum absolute atomic E-state index is 12.0. The molecule has 0 heterocycles. The third-order valence-electron chi connectivity index (χ3n) is 2.16. The van der Waals surface area contributed by atoms with E-state index < -0.39 is 43.0 Å². The first-order valence-electron chi connectivity index (χ1n) is 6.77. The molecule has 18 heteroatoms. The van der Waals surface area contributed by atoms with Gasteiger partial charge in [-0.2, -0.15) is 12.6 Å². The Kier molecular flexibility index (Phi) is 9.20. The van der Waals surface area contributed by atoms with Crippen LogP contribution in [0, 0.1) is 0 Å². The fourth-order valence-corrected chi connectivity index (χ4v) is 2.13. The van der Waals surface area contributed by atoms with Gasteiger partial charge in [0.15, 0.2) is 0 Å². The lowest BCUT2D eigenvalue weighted by Crippen LogP contribution is -1.97. The van der Waals surface area contributed by atoms with Crippen molar-refractivity contribution in [2.24, 2.45) is 8.73 Å². The average Bonchev–Trinajstić information content (AvgIpc) is 2.41. The first-order valence-corrected chi connectivity index (χ1v) is 11.0. The molecule has 2 rings (SSSR count). The molecule has 0 aliphatic heterocycles. The van der Waals surface area contributed by atoms with E-state index >= 15 is 0 Å². The molecule has 0 spiro atoms. The molecule has 0 aromatic heterocycles. The summed E-state index contributed by atoms with van der Waals surface area (Å²) < 4.78 is 121. The van der Waals surface area contributed by atoms with Gasteiger partial charge < -0.3 is 11.5 Å². The van der Waals surface area contributed by atoms with Crippen LogP contribution in [0.3, 0.4) is 0 Å². The summed E-state index contributed by atoms with van der Waals surface area (Å²) in [6.07, 6.45) is 0. The molecule has 0 fully saturated rings. The molecule has 2 aromatic rings. The summed E-state index contributed by atoms with van der Waals surface area (Å²) in [6, 6.07) is 11.0. The molecule has 0 radical (unpaired) electrons. The number of nitrogens with two attached hydrogens (primary N) is 2. The van der Waals surface area contributed by atoms with E-state index in [9.17, 15) is 39.5 Å². The summed E-state index contributed by atoms with van der Waals surface area (Å²) in [5.74, 6) is 0. The Labute approximate surface area is 167 Å². The van der Waals surface area contributed by atoms with Crippen LogP contribution in [0.5, 0.6) is 0 Å². The zero-order chi connectivity index (χ0) is 23.8. The molecule has 0 aliphatic carbocycles. The van der Waals surface area contributed by atoms with Crippen molar-refractivity contribution < 1.29 is 43.7 Å². The van der Waals surface area contributed by atoms with E-state index in [0.717, 1.165) is 24.3 Å². The summed E-state index contributed by atoms with van der Waals surface area (Å²) in [4.78, 5) is 0. The second-order valence-corrected chi connectivity index (χ2v) is 7.92. The van der Waals surface area contributed by atoms with Gasteiger partial charge in [0.2, 0.25) is 0 Å². The van der Waals surface area contributed by atoms with E-state index in [1.807, 2.05) is 6.07 Å². The minimum absolute atomic E-state index is 0.486. The maximum Gasteiger partial charge on any atom is 0.456 e. The molecule has 0 aliphatic rings. The minimum Gasteiger partial charge on any atom is -0.399 e. The van der Waals surface area contributed by atoms with Gasteiger partial charge in [-0.15, -0.1) is 8.73 Å². The summed E-state index contributed by atoms with van der Waals surface area (Å²) >= 11 is 0. The van der Waals surface area contributed by atoms with Gasteiger partial charge in [0, 0.05) is 11.4 Å². The van der Waals surface area contributed by atoms with E-state index in [4.69, 9.17) is 15.7 Å². The van der Waals surface area contributed by atoms with E-state index in [1.54, 1.807) is 18.2 Å². The fourth-order valence-electron chi connectivity index (χ4n) is 1.41. The van der Waals surface area contributed by atoms with E-state index in [0.29, 0.717) is 11.4 Å². The second-order valence-electron chi connectivity index (χ2n) is 4.77. The third-order valence-corrected chi connectivity index (χ3v) is 3.01. The summed E-state index contributed by atoms with van der Waals surface area (Å²) in [5.41, 5.74) is 11.2. The van der Waals surface area contributed by atoms with Crippen molar-refractivity contribution in [3.8, 4) is 0 Å². The smallest absolute Gasteiger partial charge is 0.399 e. The van der Waals surface area contributed by atoms with Crippen molar-refractivity contribution in [3.05, 3.63) is 48.5 Å². The van der Waals surface area contributed by atoms with Crippen LogP contribution in [0.4, 0.5) is 53.8 Å². The van der Waals surface area contributed by atoms with Crippen molar-refractivity contribution >= 4 is 54.4 Å². The number of hydrogen-bond donors (Lipinski definition) is 2. The number of halogens is 8. The average molecular weight is 508 g/mol. The van der Waals surface area contributed by atoms with Crippen molar-refractivity contribution in [3.63, 3.8) is 0 Å². The van der Waals surface area contributed by atoms with Gasteiger partial charge in [-0.25, -0.2) is 0 Å². The van der Waals surface area contributed by atoms with Crippen LogP contribution in [0.1, 0.15) is 0 Å². The number of benzene rings is 2. The fraction of sp³-hybridized carbons (Fsp3) is 0. The molecule has 0 unspecified atom stereocenters. The van der Waals surface area contributed by atoms with Crippen molar-refractivity contribution in [2.75, 3.05) is 11.5 Å². The molecule has 0 saturated carbocycles. The Morgan fingerprint density at radius 2 is 1.00 bits per heavy atom. The van der Waals surface area contributed by atoms with Gasteiger partial charge in [-0.3, -0.25) is 0 Å². The number of hydrogen-bond acceptors (Lipinski definition) is 7. The molecule has 0 saturated heterocycles. The topological polar surface area (TPSA) is 128 Å². The van der Waals surface area contributed by atoms with Crippen LogP contribution in [0.25, 0.3) is 0 Å². The van der Waals surface area contributed by atoms with Gasteiger partial charge in [-0.1, -0.05) is 43.2 Å². The number of nitrogen functional groups attached to an aromatic ring is 2. The highest BCUT2D eigenvalue weighted by Crippen LogP contribution is 2.31. The van der Waals surface area contributed by atoms with Crippen LogP contribution in [-0.4, -0.2) is 12.6 Å². The lowest BCUT2D eigenvalue weighted by molar-refractivity contribution is 0.403. The lowest BCUT2D eigenvalue weighted by atomic mass is 10.3. The zero-order valence-electron chi connectivity index (χ0n) is 14.1. The molecule has 4 N–H and O–H groups in total. The van der Waals surface area contributed by atoms with Gasteiger partial charge in [0.1, 0.15) is 0 Å². The van der Waals surface area contributed by atoms with Gasteiger partial charge in [0.05, 0.1) is 11.4 Å². The Morgan fingerprint density at radius 3 is 1.23 bits per heavy atom. The van der Waals surface area contributed by atoms with Crippen molar-refractivity contribution in [2.45, 2.75) is 0 Å². The number of nitrogens with zero attached hydrogens (tertiary/aromatic N) is 2. The van der Waals surface area contributed by atoms with E-state index in [-0.39, 0.29) is 0 Å². The number of rotatable bonds is 2. The summed E-state index contributed by atoms with van der Waals surface area (Å²) in [6.45, 7) is 0. The lowest BCUT2D eigenvalue weighted by Gasteiger charge is -1.95. The van der Waals surface area contributed by atoms with Crippen LogP contribution in [0.15, 0.2) is 57.3 Å². The van der Waals surface area contributed by atoms with Crippen LogP contribution < -0.4 is 11.5 Å². The molecule has 2 aromatic carbocycles. The normalized spacial score (nSPS) is 12.7. The third kappa shape index (κ3) is 20.3. The highest BCUT2D eigenvalue weighted by atomic mass is 32.4. The van der Waals surface area contributed by atoms with Crippen LogP contribution in [-0.2, 0) is 31.6 Å². The SMILES string of the molecule is Nc1cccc(N)c1.O=S(F)(F)(F)F.O=S(F)(F)=Nc1cccc(N=S(=O)(F)F)c1. The highest BCUT2D eigenvalue weighted by Gasteiger charge is 2.33. The Morgan fingerprint density at radius 1 is 0.700 bits per heavy atom. The Balaban J connectivity index is 0.000000497. The van der Waals surface area contributed by atoms with E-state index in [2.05, 4.69) is 8.73 Å². The minimum atomic E-state index is -8.10. The van der Waals surface area contributed by atoms with Crippen LogP contribution >= 0.6 is 0 Å². The molecule has 7 nitrogen and oxygen atoms in total. The standard InChI is InChI=1S/C6H4F4N2O2S2.C6H8N2.F4OS/c7-15(8,13)11-5-2-1-3-6(4-5)12-16(9,10)14;7-5-2-1-3-6(8)4-5;1-6(2,3,4)5/h1-4H;1-4H,7-8H2;.